The summed E-state index contributed by atoms with van der Waals surface area (Å²) in [6, 6.07) is 2.46. The molecule has 0 bridgehead atoms. The molecule has 2 atom stereocenters. The van der Waals surface area contributed by atoms with Gasteiger partial charge in [0.05, 0.1) is 6.61 Å². The topological polar surface area (TPSA) is 47.0 Å². The molecular formula is C16H27N3O. The van der Waals surface area contributed by atoms with Crippen molar-refractivity contribution in [3.63, 3.8) is 0 Å². The average molecular weight is 277 g/mol. The zero-order chi connectivity index (χ0) is 14.4. The van der Waals surface area contributed by atoms with Gasteiger partial charge >= 0.3 is 0 Å². The number of anilines is 1. The lowest BCUT2D eigenvalue weighted by atomic mass is 9.86. The van der Waals surface area contributed by atoms with Gasteiger partial charge < -0.3 is 10.1 Å². The quantitative estimate of drug-likeness (QED) is 0.800. The van der Waals surface area contributed by atoms with E-state index in [0.717, 1.165) is 31.1 Å². The highest BCUT2D eigenvalue weighted by Crippen LogP contribution is 2.27. The van der Waals surface area contributed by atoms with Crippen molar-refractivity contribution in [3.8, 4) is 5.88 Å². The van der Waals surface area contributed by atoms with Gasteiger partial charge in [-0.2, -0.15) is 4.98 Å². The van der Waals surface area contributed by atoms with E-state index in [2.05, 4.69) is 29.1 Å². The lowest BCUT2D eigenvalue weighted by Crippen LogP contribution is -2.30. The fourth-order valence-corrected chi connectivity index (χ4v) is 2.73. The second kappa shape index (κ2) is 7.46. The van der Waals surface area contributed by atoms with Gasteiger partial charge in [0, 0.05) is 12.1 Å². The molecule has 20 heavy (non-hydrogen) atoms. The molecule has 1 aliphatic rings. The summed E-state index contributed by atoms with van der Waals surface area (Å²) in [5, 5.41) is 3.57. The Kier molecular flexibility index (Phi) is 5.62. The number of aromatic nitrogens is 2. The Morgan fingerprint density at radius 1 is 1.30 bits per heavy atom. The maximum atomic E-state index is 5.69. The summed E-state index contributed by atoms with van der Waals surface area (Å²) in [4.78, 5) is 8.83. The third-order valence-corrected chi connectivity index (χ3v) is 4.01. The van der Waals surface area contributed by atoms with Crippen molar-refractivity contribution in [2.45, 2.75) is 65.3 Å². The second-order valence-corrected chi connectivity index (χ2v) is 5.85. The molecule has 0 amide bonds. The van der Waals surface area contributed by atoms with Gasteiger partial charge in [-0.05, 0) is 32.1 Å². The summed E-state index contributed by atoms with van der Waals surface area (Å²) >= 11 is 0. The number of aryl methyl sites for hydroxylation is 1. The fourth-order valence-electron chi connectivity index (χ4n) is 2.73. The van der Waals surface area contributed by atoms with E-state index in [-0.39, 0.29) is 0 Å². The predicted octanol–water partition coefficient (Wildman–Crippen LogP) is 3.95. The second-order valence-electron chi connectivity index (χ2n) is 5.85. The number of nitrogens with one attached hydrogen (secondary N) is 1. The minimum absolute atomic E-state index is 0.529. The summed E-state index contributed by atoms with van der Waals surface area (Å²) in [6.45, 7) is 7.13. The van der Waals surface area contributed by atoms with Crippen LogP contribution in [-0.2, 0) is 0 Å². The van der Waals surface area contributed by atoms with E-state index in [1.165, 1.54) is 25.7 Å². The van der Waals surface area contributed by atoms with Gasteiger partial charge in [0.2, 0.25) is 5.88 Å². The number of hydrogen-bond donors (Lipinski definition) is 1. The number of hydrogen-bond acceptors (Lipinski definition) is 4. The Hall–Kier alpha value is -1.32. The lowest BCUT2D eigenvalue weighted by molar-refractivity contribution is 0.296. The molecule has 4 heteroatoms. The molecule has 1 N–H and O–H groups in total. The Morgan fingerprint density at radius 3 is 2.85 bits per heavy atom. The minimum Gasteiger partial charge on any atom is -0.478 e. The molecular weight excluding hydrogens is 250 g/mol. The number of nitrogens with zero attached hydrogens (tertiary/aromatic N) is 2. The van der Waals surface area contributed by atoms with E-state index >= 15 is 0 Å². The standard InChI is InChI=1S/C16H27N3O/c1-4-5-10-20-16-11-15(17-13(3)18-16)19-14-9-7-6-8-12(14)2/h11-12,14H,4-10H2,1-3H3,(H,17,18,19). The van der Waals surface area contributed by atoms with Crippen LogP contribution in [0.4, 0.5) is 5.82 Å². The van der Waals surface area contributed by atoms with Crippen molar-refractivity contribution >= 4 is 5.82 Å². The zero-order valence-corrected chi connectivity index (χ0v) is 13.0. The molecule has 1 saturated carbocycles. The van der Waals surface area contributed by atoms with Crippen LogP contribution in [0.5, 0.6) is 5.88 Å². The Balaban J connectivity index is 1.99. The maximum Gasteiger partial charge on any atom is 0.218 e. The van der Waals surface area contributed by atoms with Gasteiger partial charge in [-0.3, -0.25) is 0 Å². The largest absolute Gasteiger partial charge is 0.478 e. The van der Waals surface area contributed by atoms with E-state index in [1.54, 1.807) is 0 Å². The summed E-state index contributed by atoms with van der Waals surface area (Å²) < 4.78 is 5.69. The highest BCUT2D eigenvalue weighted by atomic mass is 16.5. The molecule has 1 aromatic heterocycles. The highest BCUT2D eigenvalue weighted by Gasteiger charge is 2.21. The minimum atomic E-state index is 0.529. The number of ether oxygens (including phenoxy) is 1. The molecule has 112 valence electrons. The normalized spacial score (nSPS) is 22.6. The Morgan fingerprint density at radius 2 is 2.10 bits per heavy atom. The molecule has 1 heterocycles. The molecule has 0 aliphatic heterocycles. The average Bonchev–Trinajstić information content (AvgIpc) is 2.41. The molecule has 0 spiro atoms. The fraction of sp³-hybridized carbons (Fsp3) is 0.750. The van der Waals surface area contributed by atoms with E-state index in [4.69, 9.17) is 4.74 Å². The molecule has 1 aliphatic carbocycles. The predicted molar refractivity (Wildman–Crippen MR) is 82.2 cm³/mol. The molecule has 4 nitrogen and oxygen atoms in total. The van der Waals surface area contributed by atoms with Crippen LogP contribution in [-0.4, -0.2) is 22.6 Å². The van der Waals surface area contributed by atoms with Crippen LogP contribution in [0, 0.1) is 12.8 Å². The van der Waals surface area contributed by atoms with Crippen LogP contribution in [0.25, 0.3) is 0 Å². The van der Waals surface area contributed by atoms with Gasteiger partial charge in [0.15, 0.2) is 0 Å². The third kappa shape index (κ3) is 4.36. The molecule has 1 fully saturated rings. The first-order valence-corrected chi connectivity index (χ1v) is 7.94. The van der Waals surface area contributed by atoms with Gasteiger partial charge in [0.25, 0.3) is 0 Å². The van der Waals surface area contributed by atoms with Crippen molar-refractivity contribution in [1.29, 1.82) is 0 Å². The molecule has 0 aromatic carbocycles. The first-order chi connectivity index (χ1) is 9.69. The van der Waals surface area contributed by atoms with E-state index < -0.39 is 0 Å². The maximum absolute atomic E-state index is 5.69. The summed E-state index contributed by atoms with van der Waals surface area (Å²) in [5.74, 6) is 3.08. The van der Waals surface area contributed by atoms with E-state index in [1.807, 2.05) is 13.0 Å². The Labute approximate surface area is 122 Å². The van der Waals surface area contributed by atoms with E-state index in [9.17, 15) is 0 Å². The van der Waals surface area contributed by atoms with Crippen LogP contribution in [0.2, 0.25) is 0 Å². The lowest BCUT2D eigenvalue weighted by Gasteiger charge is -2.30. The monoisotopic (exact) mass is 277 g/mol. The van der Waals surface area contributed by atoms with Gasteiger partial charge in [-0.25, -0.2) is 4.98 Å². The van der Waals surface area contributed by atoms with Crippen LogP contribution in [0.3, 0.4) is 0 Å². The van der Waals surface area contributed by atoms with Gasteiger partial charge in [0.1, 0.15) is 11.6 Å². The van der Waals surface area contributed by atoms with Crippen LogP contribution in [0.1, 0.15) is 58.2 Å². The number of rotatable bonds is 6. The summed E-state index contributed by atoms with van der Waals surface area (Å²) in [5.41, 5.74) is 0. The summed E-state index contributed by atoms with van der Waals surface area (Å²) in [6.07, 6.45) is 7.40. The third-order valence-electron chi connectivity index (χ3n) is 4.01. The first-order valence-electron chi connectivity index (χ1n) is 7.94. The molecule has 0 radical (unpaired) electrons. The van der Waals surface area contributed by atoms with Crippen LogP contribution in [0.15, 0.2) is 6.07 Å². The SMILES string of the molecule is CCCCOc1cc(NC2CCCCC2C)nc(C)n1. The highest BCUT2D eigenvalue weighted by molar-refractivity contribution is 5.39. The first kappa shape index (κ1) is 15.1. The van der Waals surface area contributed by atoms with Gasteiger partial charge in [-0.1, -0.05) is 33.1 Å². The summed E-state index contributed by atoms with van der Waals surface area (Å²) in [7, 11) is 0. The van der Waals surface area contributed by atoms with Crippen molar-refractivity contribution in [1.82, 2.24) is 9.97 Å². The molecule has 1 aromatic rings. The smallest absolute Gasteiger partial charge is 0.218 e. The molecule has 0 saturated heterocycles. The van der Waals surface area contributed by atoms with Gasteiger partial charge in [-0.15, -0.1) is 0 Å². The van der Waals surface area contributed by atoms with Crippen molar-refractivity contribution in [2.24, 2.45) is 5.92 Å². The van der Waals surface area contributed by atoms with Crippen molar-refractivity contribution in [2.75, 3.05) is 11.9 Å². The van der Waals surface area contributed by atoms with Crippen molar-refractivity contribution < 1.29 is 4.74 Å². The van der Waals surface area contributed by atoms with Crippen molar-refractivity contribution in [3.05, 3.63) is 11.9 Å². The number of unbranched alkanes of at least 4 members (excludes halogenated alkanes) is 1. The van der Waals surface area contributed by atoms with E-state index in [0.29, 0.717) is 17.8 Å². The molecule has 2 unspecified atom stereocenters. The Bertz CT molecular complexity index is 422. The van der Waals surface area contributed by atoms with Crippen LogP contribution >= 0.6 is 0 Å². The molecule has 2 rings (SSSR count). The zero-order valence-electron chi connectivity index (χ0n) is 13.0. The van der Waals surface area contributed by atoms with Crippen LogP contribution < -0.4 is 10.1 Å².